The molecule has 0 radical (unpaired) electrons. The molecular formula is C25H31O2P. The Morgan fingerprint density at radius 3 is 1.93 bits per heavy atom. The molecule has 0 unspecified atom stereocenters. The van der Waals surface area contributed by atoms with Gasteiger partial charge in [0.2, 0.25) is 0 Å². The Morgan fingerprint density at radius 2 is 1.32 bits per heavy atom. The maximum absolute atomic E-state index is 14.7. The van der Waals surface area contributed by atoms with Crippen molar-refractivity contribution >= 4 is 23.2 Å². The van der Waals surface area contributed by atoms with E-state index in [1.54, 1.807) is 7.11 Å². The zero-order chi connectivity index (χ0) is 20.7. The van der Waals surface area contributed by atoms with Gasteiger partial charge < -0.3 is 9.30 Å². The van der Waals surface area contributed by atoms with Crippen molar-refractivity contribution in [2.75, 3.05) is 7.11 Å². The second-order valence-corrected chi connectivity index (χ2v) is 13.7. The molecule has 0 spiro atoms. The highest BCUT2D eigenvalue weighted by molar-refractivity contribution is 7.74. The van der Waals surface area contributed by atoms with Gasteiger partial charge in [-0.1, -0.05) is 96.1 Å². The summed E-state index contributed by atoms with van der Waals surface area (Å²) in [6.45, 7) is 12.6. The van der Waals surface area contributed by atoms with Gasteiger partial charge in [-0.25, -0.2) is 0 Å². The molecule has 0 amide bonds. The molecule has 0 aliphatic carbocycles. The molecular weight excluding hydrogens is 363 g/mol. The van der Waals surface area contributed by atoms with Crippen molar-refractivity contribution in [1.29, 1.82) is 0 Å². The molecule has 28 heavy (non-hydrogen) atoms. The zero-order valence-corrected chi connectivity index (χ0v) is 18.9. The summed E-state index contributed by atoms with van der Waals surface area (Å²) in [6.07, 6.45) is 0. The van der Waals surface area contributed by atoms with Crippen molar-refractivity contribution in [2.45, 2.75) is 51.9 Å². The van der Waals surface area contributed by atoms with Gasteiger partial charge >= 0.3 is 0 Å². The summed E-state index contributed by atoms with van der Waals surface area (Å²) in [7, 11) is -1.11. The van der Waals surface area contributed by atoms with Crippen molar-refractivity contribution in [3.8, 4) is 16.9 Å². The summed E-state index contributed by atoms with van der Waals surface area (Å²) in [4.78, 5) is 0. The first-order valence-corrected chi connectivity index (χ1v) is 11.5. The Bertz CT molecular complexity index is 1030. The Morgan fingerprint density at radius 1 is 0.750 bits per heavy atom. The number of rotatable bonds is 3. The lowest BCUT2D eigenvalue weighted by atomic mass is 9.97. The second-order valence-electron chi connectivity index (χ2n) is 9.33. The Kier molecular flexibility index (Phi) is 5.23. The fourth-order valence-electron chi connectivity index (χ4n) is 4.39. The van der Waals surface area contributed by atoms with Gasteiger partial charge in [-0.15, -0.1) is 0 Å². The van der Waals surface area contributed by atoms with E-state index >= 15 is 0 Å². The third-order valence-corrected chi connectivity index (χ3v) is 10.4. The van der Waals surface area contributed by atoms with E-state index in [0.717, 1.165) is 33.0 Å². The van der Waals surface area contributed by atoms with Crippen molar-refractivity contribution in [3.63, 3.8) is 0 Å². The molecule has 0 atom stereocenters. The van der Waals surface area contributed by atoms with E-state index in [1.807, 2.05) is 36.4 Å². The summed E-state index contributed by atoms with van der Waals surface area (Å²) in [5.41, 5.74) is 2.02. The van der Waals surface area contributed by atoms with Crippen molar-refractivity contribution in [1.82, 2.24) is 0 Å². The molecule has 0 bridgehead atoms. The van der Waals surface area contributed by atoms with E-state index in [2.05, 4.69) is 65.8 Å². The van der Waals surface area contributed by atoms with Crippen LogP contribution in [0.15, 0.2) is 60.7 Å². The minimum Gasteiger partial charge on any atom is -0.496 e. The van der Waals surface area contributed by atoms with Crippen LogP contribution in [0.4, 0.5) is 0 Å². The van der Waals surface area contributed by atoms with Crippen LogP contribution in [-0.4, -0.2) is 17.4 Å². The standard InChI is InChI=1S/C25H31O2P/c1-24(2,3)28(26,25(4,5)6)22-15-11-10-14-20(22)23-19-13-9-8-12-18(19)16-17-21(23)27-7/h8-17H,1-7H3. The van der Waals surface area contributed by atoms with Gasteiger partial charge in [0.25, 0.3) is 0 Å². The number of hydrogen-bond acceptors (Lipinski definition) is 2. The minimum absolute atomic E-state index is 0.362. The summed E-state index contributed by atoms with van der Waals surface area (Å²) in [5.74, 6) is 0.806. The van der Waals surface area contributed by atoms with Gasteiger partial charge in [-0.3, -0.25) is 0 Å². The van der Waals surface area contributed by atoms with Gasteiger partial charge in [-0.2, -0.15) is 0 Å². The van der Waals surface area contributed by atoms with E-state index in [0.29, 0.717) is 0 Å². The first-order chi connectivity index (χ1) is 13.0. The number of methoxy groups -OCH3 is 1. The summed E-state index contributed by atoms with van der Waals surface area (Å²) >= 11 is 0. The van der Waals surface area contributed by atoms with Crippen molar-refractivity contribution in [2.24, 2.45) is 0 Å². The highest BCUT2D eigenvalue weighted by atomic mass is 31.2. The molecule has 3 heteroatoms. The van der Waals surface area contributed by atoms with Crippen molar-refractivity contribution in [3.05, 3.63) is 60.7 Å². The average Bonchev–Trinajstić information content (AvgIpc) is 2.64. The van der Waals surface area contributed by atoms with Gasteiger partial charge in [0.15, 0.2) is 0 Å². The lowest BCUT2D eigenvalue weighted by Crippen LogP contribution is -2.35. The van der Waals surface area contributed by atoms with Crippen LogP contribution in [0.1, 0.15) is 41.5 Å². The third kappa shape index (κ3) is 3.18. The van der Waals surface area contributed by atoms with Crippen molar-refractivity contribution < 1.29 is 9.30 Å². The molecule has 2 nitrogen and oxygen atoms in total. The fourth-order valence-corrected chi connectivity index (χ4v) is 8.67. The van der Waals surface area contributed by atoms with Crippen LogP contribution in [0.25, 0.3) is 21.9 Å². The molecule has 0 saturated carbocycles. The van der Waals surface area contributed by atoms with Crippen LogP contribution in [-0.2, 0) is 4.57 Å². The molecule has 0 saturated heterocycles. The largest absolute Gasteiger partial charge is 0.496 e. The molecule has 0 fully saturated rings. The topological polar surface area (TPSA) is 26.3 Å². The van der Waals surface area contributed by atoms with Gasteiger partial charge in [-0.05, 0) is 22.4 Å². The van der Waals surface area contributed by atoms with Crippen LogP contribution in [0.2, 0.25) is 0 Å². The quantitative estimate of drug-likeness (QED) is 0.443. The van der Waals surface area contributed by atoms with E-state index in [-0.39, 0.29) is 10.3 Å². The molecule has 3 aromatic carbocycles. The maximum atomic E-state index is 14.7. The molecule has 0 heterocycles. The molecule has 0 aromatic heterocycles. The van der Waals surface area contributed by atoms with Crippen LogP contribution in [0.5, 0.6) is 5.75 Å². The van der Waals surface area contributed by atoms with E-state index in [1.165, 1.54) is 0 Å². The van der Waals surface area contributed by atoms with Gasteiger partial charge in [0.1, 0.15) is 12.9 Å². The number of hydrogen-bond donors (Lipinski definition) is 0. The maximum Gasteiger partial charge on any atom is 0.127 e. The summed E-state index contributed by atoms with van der Waals surface area (Å²) in [6, 6.07) is 20.5. The first-order valence-electron chi connectivity index (χ1n) is 9.78. The summed E-state index contributed by atoms with van der Waals surface area (Å²) < 4.78 is 20.5. The molecule has 3 aromatic rings. The molecule has 0 aliphatic rings. The van der Waals surface area contributed by atoms with Crippen LogP contribution < -0.4 is 10.0 Å². The fraction of sp³-hybridized carbons (Fsp3) is 0.360. The monoisotopic (exact) mass is 394 g/mol. The Hall–Kier alpha value is -2.05. The smallest absolute Gasteiger partial charge is 0.127 e. The van der Waals surface area contributed by atoms with E-state index in [9.17, 15) is 4.57 Å². The van der Waals surface area contributed by atoms with Crippen LogP contribution in [0.3, 0.4) is 0 Å². The highest BCUT2D eigenvalue weighted by Crippen LogP contribution is 2.67. The Balaban J connectivity index is 2.46. The third-order valence-electron chi connectivity index (χ3n) is 5.51. The number of benzene rings is 3. The molecule has 148 valence electrons. The van der Waals surface area contributed by atoms with E-state index < -0.39 is 7.14 Å². The minimum atomic E-state index is -2.81. The van der Waals surface area contributed by atoms with Gasteiger partial charge in [0.05, 0.1) is 7.11 Å². The average molecular weight is 394 g/mol. The van der Waals surface area contributed by atoms with Gasteiger partial charge in [0, 0.05) is 21.2 Å². The normalized spacial score (nSPS) is 13.0. The first kappa shape index (κ1) is 20.7. The Labute approximate surface area is 169 Å². The zero-order valence-electron chi connectivity index (χ0n) is 18.0. The number of ether oxygens (including phenoxy) is 1. The lowest BCUT2D eigenvalue weighted by molar-refractivity contribution is 0.417. The highest BCUT2D eigenvalue weighted by Gasteiger charge is 2.48. The van der Waals surface area contributed by atoms with Crippen LogP contribution >= 0.6 is 7.14 Å². The molecule has 3 rings (SSSR count). The van der Waals surface area contributed by atoms with Crippen LogP contribution in [0, 0.1) is 0 Å². The molecule has 0 N–H and O–H groups in total. The predicted octanol–water partition coefficient (Wildman–Crippen LogP) is 7.10. The van der Waals surface area contributed by atoms with E-state index in [4.69, 9.17) is 4.74 Å². The lowest BCUT2D eigenvalue weighted by Gasteiger charge is -2.42. The SMILES string of the molecule is COc1ccc2ccccc2c1-c1ccccc1P(=O)(C(C)(C)C)C(C)(C)C. The predicted molar refractivity (Wildman–Crippen MR) is 123 cm³/mol. The number of fused-ring (bicyclic) bond motifs is 1. The second kappa shape index (κ2) is 7.08. The molecule has 0 aliphatic heterocycles. The summed E-state index contributed by atoms with van der Waals surface area (Å²) in [5, 5.41) is 2.47.